The molecule has 27 heavy (non-hydrogen) atoms. The van der Waals surface area contributed by atoms with Crippen molar-refractivity contribution in [3.8, 4) is 22.6 Å². The Bertz CT molecular complexity index is 1060. The minimum absolute atomic E-state index is 0.735. The Kier molecular flexibility index (Phi) is 4.58. The molecule has 0 aliphatic rings. The Morgan fingerprint density at radius 1 is 0.741 bits per heavy atom. The summed E-state index contributed by atoms with van der Waals surface area (Å²) < 4.78 is 10.7. The maximum absolute atomic E-state index is 5.33. The fourth-order valence-electron chi connectivity index (χ4n) is 2.96. The van der Waals surface area contributed by atoms with Crippen molar-refractivity contribution in [2.75, 3.05) is 19.5 Å². The van der Waals surface area contributed by atoms with Gasteiger partial charge in [-0.15, -0.1) is 0 Å². The van der Waals surface area contributed by atoms with E-state index in [4.69, 9.17) is 9.47 Å². The van der Waals surface area contributed by atoms with Crippen LogP contribution in [0.25, 0.3) is 22.0 Å². The van der Waals surface area contributed by atoms with Gasteiger partial charge in [0, 0.05) is 59.1 Å². The largest absolute Gasteiger partial charge is 0.497 e. The van der Waals surface area contributed by atoms with E-state index >= 15 is 0 Å². The molecule has 0 aliphatic heterocycles. The quantitative estimate of drug-likeness (QED) is 0.541. The highest BCUT2D eigenvalue weighted by Gasteiger charge is 2.05. The molecule has 134 valence electrons. The molecule has 1 N–H and O–H groups in total. The van der Waals surface area contributed by atoms with Crippen LogP contribution < -0.4 is 14.8 Å². The predicted octanol–water partition coefficient (Wildman–Crippen LogP) is 5.06. The van der Waals surface area contributed by atoms with Gasteiger partial charge in [-0.05, 0) is 42.0 Å². The van der Waals surface area contributed by atoms with E-state index in [0.29, 0.717) is 0 Å². The molecule has 0 fully saturated rings. The van der Waals surface area contributed by atoms with E-state index < -0.39 is 0 Å². The Morgan fingerprint density at radius 3 is 2.19 bits per heavy atom. The SMILES string of the molecule is COc1cc(Nc2ccc3ncc(-c4ccncc4)cc3c2)cc(OC)c1. The third-order valence-electron chi connectivity index (χ3n) is 4.34. The van der Waals surface area contributed by atoms with E-state index in [1.165, 1.54) is 0 Å². The Labute approximate surface area is 157 Å². The van der Waals surface area contributed by atoms with Crippen molar-refractivity contribution in [3.05, 3.63) is 73.2 Å². The normalized spacial score (nSPS) is 10.6. The first-order valence-electron chi connectivity index (χ1n) is 8.55. The molecule has 2 aromatic heterocycles. The van der Waals surface area contributed by atoms with Gasteiger partial charge >= 0.3 is 0 Å². The molecule has 0 atom stereocenters. The topological polar surface area (TPSA) is 56.3 Å². The van der Waals surface area contributed by atoms with Gasteiger partial charge in [0.1, 0.15) is 11.5 Å². The van der Waals surface area contributed by atoms with Crippen LogP contribution in [0, 0.1) is 0 Å². The molecule has 0 unspecified atom stereocenters. The number of hydrogen-bond acceptors (Lipinski definition) is 5. The van der Waals surface area contributed by atoms with Crippen molar-refractivity contribution in [1.82, 2.24) is 9.97 Å². The zero-order chi connectivity index (χ0) is 18.6. The van der Waals surface area contributed by atoms with Gasteiger partial charge in [-0.2, -0.15) is 0 Å². The number of anilines is 2. The Hall–Kier alpha value is -3.60. The van der Waals surface area contributed by atoms with Crippen LogP contribution in [0.2, 0.25) is 0 Å². The lowest BCUT2D eigenvalue weighted by Crippen LogP contribution is -1.94. The highest BCUT2D eigenvalue weighted by Crippen LogP contribution is 2.30. The lowest BCUT2D eigenvalue weighted by atomic mass is 10.1. The van der Waals surface area contributed by atoms with E-state index in [0.717, 1.165) is 44.9 Å². The zero-order valence-corrected chi connectivity index (χ0v) is 15.1. The molecule has 0 radical (unpaired) electrons. The Balaban J connectivity index is 1.69. The number of methoxy groups -OCH3 is 2. The summed E-state index contributed by atoms with van der Waals surface area (Å²) in [5.74, 6) is 1.47. The zero-order valence-electron chi connectivity index (χ0n) is 15.1. The van der Waals surface area contributed by atoms with Crippen LogP contribution in [0.3, 0.4) is 0 Å². The summed E-state index contributed by atoms with van der Waals surface area (Å²) >= 11 is 0. The molecule has 2 heterocycles. The fourth-order valence-corrected chi connectivity index (χ4v) is 2.96. The van der Waals surface area contributed by atoms with Gasteiger partial charge in [0.15, 0.2) is 0 Å². The number of ether oxygens (including phenoxy) is 2. The summed E-state index contributed by atoms with van der Waals surface area (Å²) in [6, 6.07) is 17.9. The molecule has 0 aliphatic carbocycles. The first-order valence-corrected chi connectivity index (χ1v) is 8.55. The highest BCUT2D eigenvalue weighted by atomic mass is 16.5. The van der Waals surface area contributed by atoms with Crippen LogP contribution in [0.1, 0.15) is 0 Å². The maximum Gasteiger partial charge on any atom is 0.124 e. The maximum atomic E-state index is 5.33. The van der Waals surface area contributed by atoms with Crippen LogP contribution in [0.5, 0.6) is 11.5 Å². The van der Waals surface area contributed by atoms with Gasteiger partial charge in [0.2, 0.25) is 0 Å². The lowest BCUT2D eigenvalue weighted by Gasteiger charge is -2.11. The number of hydrogen-bond donors (Lipinski definition) is 1. The van der Waals surface area contributed by atoms with Crippen LogP contribution in [-0.2, 0) is 0 Å². The molecular weight excluding hydrogens is 338 g/mol. The monoisotopic (exact) mass is 357 g/mol. The van der Waals surface area contributed by atoms with Gasteiger partial charge in [-0.3, -0.25) is 9.97 Å². The summed E-state index contributed by atoms with van der Waals surface area (Å²) in [7, 11) is 3.28. The van der Waals surface area contributed by atoms with Crippen LogP contribution in [0.4, 0.5) is 11.4 Å². The molecule has 0 saturated carbocycles. The minimum atomic E-state index is 0.735. The first kappa shape index (κ1) is 16.8. The summed E-state index contributed by atoms with van der Waals surface area (Å²) in [5, 5.41) is 4.47. The first-order chi connectivity index (χ1) is 13.2. The van der Waals surface area contributed by atoms with Crippen molar-refractivity contribution in [3.63, 3.8) is 0 Å². The average molecular weight is 357 g/mol. The molecule has 0 amide bonds. The number of rotatable bonds is 5. The van der Waals surface area contributed by atoms with Crippen molar-refractivity contribution < 1.29 is 9.47 Å². The van der Waals surface area contributed by atoms with Crippen molar-refractivity contribution in [2.45, 2.75) is 0 Å². The standard InChI is InChI=1S/C22H19N3O2/c1-26-20-11-19(12-21(13-20)27-2)25-18-3-4-22-16(10-18)9-17(14-24-22)15-5-7-23-8-6-15/h3-14,25H,1-2H3. The van der Waals surface area contributed by atoms with Crippen LogP contribution in [-0.4, -0.2) is 24.2 Å². The average Bonchev–Trinajstić information content (AvgIpc) is 2.73. The number of pyridine rings is 2. The van der Waals surface area contributed by atoms with Gasteiger partial charge in [-0.25, -0.2) is 0 Å². The molecule has 2 aromatic carbocycles. The molecule has 5 heteroatoms. The Morgan fingerprint density at radius 2 is 1.48 bits per heavy atom. The molecular formula is C22H19N3O2. The van der Waals surface area contributed by atoms with Crippen molar-refractivity contribution >= 4 is 22.3 Å². The number of nitrogens with zero attached hydrogens (tertiary/aromatic N) is 2. The van der Waals surface area contributed by atoms with Gasteiger partial charge in [0.05, 0.1) is 19.7 Å². The van der Waals surface area contributed by atoms with E-state index in [2.05, 4.69) is 27.4 Å². The van der Waals surface area contributed by atoms with Gasteiger partial charge < -0.3 is 14.8 Å². The number of nitrogens with one attached hydrogen (secondary N) is 1. The number of aromatic nitrogens is 2. The van der Waals surface area contributed by atoms with Crippen molar-refractivity contribution in [1.29, 1.82) is 0 Å². The van der Waals surface area contributed by atoms with Crippen LogP contribution in [0.15, 0.2) is 73.2 Å². The third kappa shape index (κ3) is 3.67. The molecule has 4 rings (SSSR count). The van der Waals surface area contributed by atoms with Gasteiger partial charge in [-0.1, -0.05) is 0 Å². The second-order valence-electron chi connectivity index (χ2n) is 6.09. The summed E-state index contributed by atoms with van der Waals surface area (Å²) in [5.41, 5.74) is 4.96. The van der Waals surface area contributed by atoms with Crippen molar-refractivity contribution in [2.24, 2.45) is 0 Å². The number of benzene rings is 2. The summed E-state index contributed by atoms with van der Waals surface area (Å²) in [6.07, 6.45) is 5.46. The lowest BCUT2D eigenvalue weighted by molar-refractivity contribution is 0.395. The van der Waals surface area contributed by atoms with E-state index in [1.807, 2.05) is 48.7 Å². The van der Waals surface area contributed by atoms with E-state index in [9.17, 15) is 0 Å². The molecule has 0 saturated heterocycles. The second kappa shape index (κ2) is 7.33. The minimum Gasteiger partial charge on any atom is -0.497 e. The summed E-state index contributed by atoms with van der Waals surface area (Å²) in [6.45, 7) is 0. The van der Waals surface area contributed by atoms with Crippen LogP contribution >= 0.6 is 0 Å². The molecule has 4 aromatic rings. The number of fused-ring (bicyclic) bond motifs is 1. The predicted molar refractivity (Wildman–Crippen MR) is 108 cm³/mol. The molecule has 0 bridgehead atoms. The van der Waals surface area contributed by atoms with E-state index in [1.54, 1.807) is 26.6 Å². The molecule has 0 spiro atoms. The molecule has 5 nitrogen and oxygen atoms in total. The third-order valence-corrected chi connectivity index (χ3v) is 4.34. The second-order valence-corrected chi connectivity index (χ2v) is 6.09. The highest BCUT2D eigenvalue weighted by molar-refractivity contribution is 5.87. The smallest absolute Gasteiger partial charge is 0.124 e. The van der Waals surface area contributed by atoms with Gasteiger partial charge in [0.25, 0.3) is 0 Å². The van der Waals surface area contributed by atoms with E-state index in [-0.39, 0.29) is 0 Å². The fraction of sp³-hybridized carbons (Fsp3) is 0.0909. The summed E-state index contributed by atoms with van der Waals surface area (Å²) in [4.78, 5) is 8.64.